The maximum Gasteiger partial charge on any atom is 0.315 e. The fraction of sp³-hybridized carbons (Fsp3) is 0.579. The molecule has 1 aromatic carbocycles. The van der Waals surface area contributed by atoms with Gasteiger partial charge in [-0.25, -0.2) is 0 Å². The van der Waals surface area contributed by atoms with Crippen LogP contribution in [0.5, 0.6) is 0 Å². The van der Waals surface area contributed by atoms with Crippen LogP contribution in [0.25, 0.3) is 0 Å². The lowest BCUT2D eigenvalue weighted by Gasteiger charge is -2.46. The Morgan fingerprint density at radius 3 is 2.22 bits per heavy atom. The van der Waals surface area contributed by atoms with E-state index in [0.29, 0.717) is 18.5 Å². The average Bonchev–Trinajstić information content (AvgIpc) is 2.48. The summed E-state index contributed by atoms with van der Waals surface area (Å²) in [5.41, 5.74) is -0.296. The van der Waals surface area contributed by atoms with Gasteiger partial charge in [-0.3, -0.25) is 14.5 Å². The first kappa shape index (κ1) is 17.7. The van der Waals surface area contributed by atoms with Crippen molar-refractivity contribution in [1.29, 1.82) is 0 Å². The topological polar surface area (TPSA) is 57.6 Å². The van der Waals surface area contributed by atoms with Crippen molar-refractivity contribution in [3.05, 3.63) is 35.9 Å². The van der Waals surface area contributed by atoms with Crippen LogP contribution in [-0.2, 0) is 15.0 Å². The summed E-state index contributed by atoms with van der Waals surface area (Å²) < 4.78 is 0. The van der Waals surface area contributed by atoms with E-state index in [9.17, 15) is 14.7 Å². The minimum Gasteiger partial charge on any atom is -0.481 e. The lowest BCUT2D eigenvalue weighted by atomic mass is 9.54. The predicted molar refractivity (Wildman–Crippen MR) is 90.5 cm³/mol. The fourth-order valence-electron chi connectivity index (χ4n) is 3.85. The third-order valence-electron chi connectivity index (χ3n) is 5.11. The summed E-state index contributed by atoms with van der Waals surface area (Å²) >= 11 is 0. The van der Waals surface area contributed by atoms with Crippen molar-refractivity contribution >= 4 is 11.8 Å². The highest BCUT2D eigenvalue weighted by atomic mass is 16.4. The molecule has 0 radical (unpaired) electrons. The number of ketones is 1. The molecule has 1 N–H and O–H groups in total. The zero-order valence-electron chi connectivity index (χ0n) is 14.5. The second-order valence-electron chi connectivity index (χ2n) is 7.05. The molecule has 23 heavy (non-hydrogen) atoms. The standard InChI is InChI=1S/C19H27NO3/c1-13(2)20(14(3)4)11-10-16-17(21)12-19(16,18(22)23)15-8-6-5-7-9-15/h5-9,13-14,16H,10-12H2,1-4H3,(H,22,23). The van der Waals surface area contributed by atoms with Gasteiger partial charge in [-0.05, 0) is 46.2 Å². The number of carbonyl (C=O) groups excluding carboxylic acids is 1. The van der Waals surface area contributed by atoms with Crippen LogP contribution in [-0.4, -0.2) is 40.4 Å². The number of Topliss-reactive ketones (excluding diaryl/α,β-unsaturated/α-hetero) is 1. The number of rotatable bonds is 7. The summed E-state index contributed by atoms with van der Waals surface area (Å²) in [4.78, 5) is 26.5. The largest absolute Gasteiger partial charge is 0.481 e. The van der Waals surface area contributed by atoms with Crippen LogP contribution in [0.15, 0.2) is 30.3 Å². The normalized spacial score (nSPS) is 24.3. The molecule has 0 aromatic heterocycles. The SMILES string of the molecule is CC(C)N(CCC1C(=O)CC1(C(=O)O)c1ccccc1)C(C)C. The van der Waals surface area contributed by atoms with Crippen LogP contribution in [0.3, 0.4) is 0 Å². The molecule has 1 aliphatic carbocycles. The lowest BCUT2D eigenvalue weighted by Crippen LogP contribution is -2.58. The Morgan fingerprint density at radius 1 is 1.22 bits per heavy atom. The molecule has 2 unspecified atom stereocenters. The Morgan fingerprint density at radius 2 is 1.78 bits per heavy atom. The maximum absolute atomic E-state index is 12.2. The Labute approximate surface area is 138 Å². The smallest absolute Gasteiger partial charge is 0.315 e. The Kier molecular flexibility index (Phi) is 5.25. The minimum atomic E-state index is -1.04. The van der Waals surface area contributed by atoms with Crippen molar-refractivity contribution in [3.8, 4) is 0 Å². The number of benzene rings is 1. The minimum absolute atomic E-state index is 0.0729. The van der Waals surface area contributed by atoms with Crippen LogP contribution in [0, 0.1) is 5.92 Å². The maximum atomic E-state index is 12.2. The number of hydrogen-bond acceptors (Lipinski definition) is 3. The van der Waals surface area contributed by atoms with Crippen LogP contribution < -0.4 is 0 Å². The van der Waals surface area contributed by atoms with Crippen LogP contribution in [0.4, 0.5) is 0 Å². The van der Waals surface area contributed by atoms with Gasteiger partial charge in [-0.1, -0.05) is 30.3 Å². The first-order valence-corrected chi connectivity index (χ1v) is 8.38. The molecule has 0 bridgehead atoms. The van der Waals surface area contributed by atoms with E-state index in [1.807, 2.05) is 30.3 Å². The molecule has 0 spiro atoms. The number of carboxylic acid groups (broad SMARTS) is 1. The molecule has 1 aliphatic rings. The molecule has 0 saturated heterocycles. The van der Waals surface area contributed by atoms with E-state index >= 15 is 0 Å². The second kappa shape index (κ2) is 6.83. The van der Waals surface area contributed by atoms with Gasteiger partial charge in [-0.2, -0.15) is 0 Å². The van der Waals surface area contributed by atoms with Gasteiger partial charge in [0.05, 0.1) is 0 Å². The van der Waals surface area contributed by atoms with Gasteiger partial charge in [-0.15, -0.1) is 0 Å². The van der Waals surface area contributed by atoms with E-state index in [4.69, 9.17) is 0 Å². The Bertz CT molecular complexity index is 559. The lowest BCUT2D eigenvalue weighted by molar-refractivity contribution is -0.160. The summed E-state index contributed by atoms with van der Waals surface area (Å²) in [6.45, 7) is 9.26. The van der Waals surface area contributed by atoms with E-state index in [1.54, 1.807) is 0 Å². The van der Waals surface area contributed by atoms with E-state index in [-0.39, 0.29) is 12.2 Å². The molecule has 2 atom stereocenters. The monoisotopic (exact) mass is 317 g/mol. The van der Waals surface area contributed by atoms with Gasteiger partial charge < -0.3 is 5.11 Å². The number of aliphatic carboxylic acids is 1. The zero-order valence-corrected chi connectivity index (χ0v) is 14.5. The van der Waals surface area contributed by atoms with Gasteiger partial charge in [0.15, 0.2) is 0 Å². The van der Waals surface area contributed by atoms with Crippen molar-refractivity contribution in [3.63, 3.8) is 0 Å². The Balaban J connectivity index is 2.22. The van der Waals surface area contributed by atoms with Gasteiger partial charge >= 0.3 is 5.97 Å². The average molecular weight is 317 g/mol. The molecule has 126 valence electrons. The zero-order chi connectivity index (χ0) is 17.2. The Hall–Kier alpha value is -1.68. The van der Waals surface area contributed by atoms with Crippen LogP contribution in [0.1, 0.15) is 46.1 Å². The summed E-state index contributed by atoms with van der Waals surface area (Å²) in [6.07, 6.45) is 0.705. The highest BCUT2D eigenvalue weighted by molar-refractivity contribution is 6.03. The van der Waals surface area contributed by atoms with Gasteiger partial charge in [0.25, 0.3) is 0 Å². The van der Waals surface area contributed by atoms with Gasteiger partial charge in [0, 0.05) is 24.4 Å². The molecule has 0 aliphatic heterocycles. The second-order valence-corrected chi connectivity index (χ2v) is 7.05. The number of nitrogens with zero attached hydrogens (tertiary/aromatic N) is 1. The summed E-state index contributed by atoms with van der Waals surface area (Å²) in [5, 5.41) is 9.84. The third kappa shape index (κ3) is 3.18. The predicted octanol–water partition coefficient (Wildman–Crippen LogP) is 3.11. The van der Waals surface area contributed by atoms with E-state index < -0.39 is 17.3 Å². The van der Waals surface area contributed by atoms with Crippen LogP contribution in [0.2, 0.25) is 0 Å². The van der Waals surface area contributed by atoms with Gasteiger partial charge in [0.1, 0.15) is 11.2 Å². The third-order valence-corrected chi connectivity index (χ3v) is 5.11. The number of carbonyl (C=O) groups is 2. The molecular formula is C19H27NO3. The van der Waals surface area contributed by atoms with Crippen molar-refractivity contribution < 1.29 is 14.7 Å². The van der Waals surface area contributed by atoms with Gasteiger partial charge in [0.2, 0.25) is 0 Å². The van der Waals surface area contributed by atoms with E-state index in [2.05, 4.69) is 32.6 Å². The number of hydrogen-bond donors (Lipinski definition) is 1. The molecular weight excluding hydrogens is 290 g/mol. The first-order valence-electron chi connectivity index (χ1n) is 8.38. The molecule has 1 aromatic rings. The highest BCUT2D eigenvalue weighted by Crippen LogP contribution is 2.48. The van der Waals surface area contributed by atoms with E-state index in [0.717, 1.165) is 12.1 Å². The molecule has 4 nitrogen and oxygen atoms in total. The summed E-state index contributed by atoms with van der Waals surface area (Å²) in [6, 6.07) is 9.96. The molecule has 0 heterocycles. The van der Waals surface area contributed by atoms with Crippen molar-refractivity contribution in [1.82, 2.24) is 4.90 Å². The molecule has 1 saturated carbocycles. The van der Waals surface area contributed by atoms with Crippen molar-refractivity contribution in [2.24, 2.45) is 5.92 Å². The first-order chi connectivity index (χ1) is 10.8. The summed E-state index contributed by atoms with van der Waals surface area (Å²) in [5.74, 6) is -1.24. The number of carboxylic acids is 1. The molecule has 2 rings (SSSR count). The van der Waals surface area contributed by atoms with E-state index in [1.165, 1.54) is 0 Å². The van der Waals surface area contributed by atoms with Crippen LogP contribution >= 0.6 is 0 Å². The highest BCUT2D eigenvalue weighted by Gasteiger charge is 2.59. The quantitative estimate of drug-likeness (QED) is 0.839. The van der Waals surface area contributed by atoms with Crippen molar-refractivity contribution in [2.75, 3.05) is 6.54 Å². The summed E-state index contributed by atoms with van der Waals surface area (Å²) in [7, 11) is 0. The van der Waals surface area contributed by atoms with Crippen molar-refractivity contribution in [2.45, 2.75) is 58.0 Å². The molecule has 1 fully saturated rings. The fourth-order valence-corrected chi connectivity index (χ4v) is 3.85. The molecule has 0 amide bonds. The molecule has 4 heteroatoms.